The van der Waals surface area contributed by atoms with Gasteiger partial charge >= 0.3 is 0 Å². The molecule has 148 valence electrons. The molecule has 8 heteroatoms. The Morgan fingerprint density at radius 1 is 1.32 bits per heavy atom. The van der Waals surface area contributed by atoms with Crippen LogP contribution in [0.2, 0.25) is 5.02 Å². The Hall–Kier alpha value is -2.38. The Bertz CT molecular complexity index is 888. The van der Waals surface area contributed by atoms with Crippen LogP contribution in [0.3, 0.4) is 0 Å². The van der Waals surface area contributed by atoms with Crippen molar-refractivity contribution in [2.75, 3.05) is 19.6 Å². The molecule has 2 amide bonds. The third-order valence-corrected chi connectivity index (χ3v) is 5.98. The average molecular weight is 402 g/mol. The lowest BCUT2D eigenvalue weighted by Crippen LogP contribution is -2.57. The first-order valence-electron chi connectivity index (χ1n) is 9.61. The highest BCUT2D eigenvalue weighted by molar-refractivity contribution is 6.31. The second-order valence-electron chi connectivity index (χ2n) is 7.52. The summed E-state index contributed by atoms with van der Waals surface area (Å²) in [6, 6.07) is 6.10. The van der Waals surface area contributed by atoms with Crippen LogP contribution in [0.1, 0.15) is 41.5 Å². The number of benzene rings is 1. The van der Waals surface area contributed by atoms with E-state index in [0.29, 0.717) is 23.7 Å². The van der Waals surface area contributed by atoms with Gasteiger partial charge < -0.3 is 20.5 Å². The number of aromatic nitrogens is 2. The molecule has 7 nitrogen and oxygen atoms in total. The van der Waals surface area contributed by atoms with Crippen LogP contribution in [-0.4, -0.2) is 52.4 Å². The van der Waals surface area contributed by atoms with Gasteiger partial charge in [0.2, 0.25) is 5.91 Å². The quantitative estimate of drug-likeness (QED) is 0.732. The van der Waals surface area contributed by atoms with Crippen molar-refractivity contribution in [2.45, 2.75) is 37.8 Å². The highest BCUT2D eigenvalue weighted by Crippen LogP contribution is 2.35. The summed E-state index contributed by atoms with van der Waals surface area (Å²) in [7, 11) is 0. The molecule has 2 aliphatic heterocycles. The number of nitrogens with one attached hydrogen (secondary N) is 3. The minimum absolute atomic E-state index is 0.0664. The standard InChI is InChI=1S/C20H24ClN5O2/c1-13(25-18(27)14-3-2-4-15(21)11-14)19(28)26-9-6-20(7-10-26)17-16(5-8-24-20)22-12-23-17/h2-4,11-13,24H,5-10H2,1H3,(H,22,23)(H,25,27)/t13-/m0/s1. The zero-order valence-corrected chi connectivity index (χ0v) is 16.6. The third-order valence-electron chi connectivity index (χ3n) is 5.74. The number of imidazole rings is 1. The van der Waals surface area contributed by atoms with Gasteiger partial charge in [0, 0.05) is 42.3 Å². The average Bonchev–Trinajstić information content (AvgIpc) is 3.18. The molecule has 0 saturated carbocycles. The number of nitrogens with zero attached hydrogens (tertiary/aromatic N) is 2. The van der Waals surface area contributed by atoms with Crippen molar-refractivity contribution >= 4 is 23.4 Å². The van der Waals surface area contributed by atoms with Crippen molar-refractivity contribution in [3.05, 3.63) is 52.6 Å². The molecule has 1 saturated heterocycles. The maximum absolute atomic E-state index is 12.8. The van der Waals surface area contributed by atoms with Crippen molar-refractivity contribution in [1.82, 2.24) is 25.5 Å². The number of hydrogen-bond acceptors (Lipinski definition) is 4. The van der Waals surface area contributed by atoms with Crippen molar-refractivity contribution in [3.63, 3.8) is 0 Å². The van der Waals surface area contributed by atoms with E-state index in [9.17, 15) is 9.59 Å². The summed E-state index contributed by atoms with van der Waals surface area (Å²) in [4.78, 5) is 34.8. The van der Waals surface area contributed by atoms with Gasteiger partial charge in [0.05, 0.1) is 17.6 Å². The van der Waals surface area contributed by atoms with Crippen molar-refractivity contribution < 1.29 is 9.59 Å². The van der Waals surface area contributed by atoms with Crippen molar-refractivity contribution in [3.8, 4) is 0 Å². The van der Waals surface area contributed by atoms with Crippen LogP contribution in [0.4, 0.5) is 0 Å². The van der Waals surface area contributed by atoms with E-state index in [4.69, 9.17) is 11.6 Å². The molecular weight excluding hydrogens is 378 g/mol. The van der Waals surface area contributed by atoms with Crippen LogP contribution in [0.25, 0.3) is 0 Å². The van der Waals surface area contributed by atoms with Gasteiger partial charge in [0.1, 0.15) is 6.04 Å². The van der Waals surface area contributed by atoms with Crippen molar-refractivity contribution in [1.29, 1.82) is 0 Å². The molecule has 1 atom stereocenters. The Morgan fingerprint density at radius 2 is 2.11 bits per heavy atom. The van der Waals surface area contributed by atoms with Crippen LogP contribution < -0.4 is 10.6 Å². The van der Waals surface area contributed by atoms with Gasteiger partial charge in [0.25, 0.3) is 5.91 Å². The Balaban J connectivity index is 1.37. The highest BCUT2D eigenvalue weighted by Gasteiger charge is 2.42. The third kappa shape index (κ3) is 3.52. The normalized spacial score (nSPS) is 19.1. The molecule has 1 aromatic heterocycles. The fourth-order valence-electron chi connectivity index (χ4n) is 4.20. The van der Waals surface area contributed by atoms with E-state index in [2.05, 4.69) is 20.6 Å². The minimum atomic E-state index is -0.596. The van der Waals surface area contributed by atoms with E-state index in [1.165, 1.54) is 5.69 Å². The maximum atomic E-state index is 12.8. The van der Waals surface area contributed by atoms with Crippen LogP contribution in [0.5, 0.6) is 0 Å². The molecule has 1 aromatic carbocycles. The molecule has 28 heavy (non-hydrogen) atoms. The molecule has 4 rings (SSSR count). The summed E-state index contributed by atoms with van der Waals surface area (Å²) in [6.07, 6.45) is 4.33. The maximum Gasteiger partial charge on any atom is 0.251 e. The van der Waals surface area contributed by atoms with Crippen LogP contribution >= 0.6 is 11.6 Å². The second-order valence-corrected chi connectivity index (χ2v) is 7.96. The number of aromatic amines is 1. The predicted octanol–water partition coefficient (Wildman–Crippen LogP) is 1.84. The Labute approximate surface area is 168 Å². The van der Waals surface area contributed by atoms with Gasteiger partial charge in [-0.05, 0) is 38.0 Å². The Kier molecular flexibility index (Phi) is 5.12. The van der Waals surface area contributed by atoms with E-state index in [-0.39, 0.29) is 17.4 Å². The van der Waals surface area contributed by atoms with E-state index in [0.717, 1.165) is 31.5 Å². The number of likely N-dealkylation sites (tertiary alicyclic amines) is 1. The minimum Gasteiger partial charge on any atom is -0.348 e. The topological polar surface area (TPSA) is 90.1 Å². The number of carbonyl (C=O) groups is 2. The summed E-state index contributed by atoms with van der Waals surface area (Å²) in [5.74, 6) is -0.366. The smallest absolute Gasteiger partial charge is 0.251 e. The molecule has 2 aliphatic rings. The molecule has 0 bridgehead atoms. The lowest BCUT2D eigenvalue weighted by Gasteiger charge is -2.44. The van der Waals surface area contributed by atoms with E-state index < -0.39 is 6.04 Å². The van der Waals surface area contributed by atoms with E-state index >= 15 is 0 Å². The van der Waals surface area contributed by atoms with Gasteiger partial charge in [-0.1, -0.05) is 17.7 Å². The summed E-state index contributed by atoms with van der Waals surface area (Å²) >= 11 is 5.94. The van der Waals surface area contributed by atoms with Crippen molar-refractivity contribution in [2.24, 2.45) is 0 Å². The monoisotopic (exact) mass is 401 g/mol. The zero-order chi connectivity index (χ0) is 19.7. The highest BCUT2D eigenvalue weighted by atomic mass is 35.5. The lowest BCUT2D eigenvalue weighted by atomic mass is 9.80. The fraction of sp³-hybridized carbons (Fsp3) is 0.450. The molecule has 1 fully saturated rings. The lowest BCUT2D eigenvalue weighted by molar-refractivity contribution is -0.134. The molecule has 0 aliphatic carbocycles. The first-order valence-corrected chi connectivity index (χ1v) is 9.99. The van der Waals surface area contributed by atoms with Gasteiger partial charge in [-0.15, -0.1) is 0 Å². The zero-order valence-electron chi connectivity index (χ0n) is 15.8. The number of hydrogen-bond donors (Lipinski definition) is 3. The Morgan fingerprint density at radius 3 is 2.86 bits per heavy atom. The molecule has 2 aromatic rings. The first-order chi connectivity index (χ1) is 13.5. The molecule has 3 heterocycles. The largest absolute Gasteiger partial charge is 0.348 e. The van der Waals surface area contributed by atoms with Crippen LogP contribution in [-0.2, 0) is 16.8 Å². The number of rotatable bonds is 3. The van der Waals surface area contributed by atoms with Gasteiger partial charge in [0.15, 0.2) is 0 Å². The number of fused-ring (bicyclic) bond motifs is 2. The summed E-state index contributed by atoms with van der Waals surface area (Å²) in [5.41, 5.74) is 2.58. The number of carbonyl (C=O) groups excluding carboxylic acids is 2. The summed E-state index contributed by atoms with van der Waals surface area (Å²) in [5, 5.41) is 6.89. The van der Waals surface area contributed by atoms with Gasteiger partial charge in [-0.2, -0.15) is 0 Å². The predicted molar refractivity (Wildman–Crippen MR) is 106 cm³/mol. The van der Waals surface area contributed by atoms with Gasteiger partial charge in [-0.3, -0.25) is 9.59 Å². The fourth-order valence-corrected chi connectivity index (χ4v) is 4.39. The number of halogens is 1. The molecule has 0 unspecified atom stereocenters. The molecular formula is C20H24ClN5O2. The number of piperidine rings is 1. The van der Waals surface area contributed by atoms with E-state index in [1.54, 1.807) is 37.5 Å². The second kappa shape index (κ2) is 7.56. The molecule has 0 radical (unpaired) electrons. The van der Waals surface area contributed by atoms with E-state index in [1.807, 2.05) is 4.90 Å². The van der Waals surface area contributed by atoms with Crippen LogP contribution in [0, 0.1) is 0 Å². The number of H-pyrrole nitrogens is 1. The molecule has 3 N–H and O–H groups in total. The van der Waals surface area contributed by atoms with Gasteiger partial charge in [-0.25, -0.2) is 4.98 Å². The summed E-state index contributed by atoms with van der Waals surface area (Å²) < 4.78 is 0. The van der Waals surface area contributed by atoms with Crippen LogP contribution in [0.15, 0.2) is 30.6 Å². The summed E-state index contributed by atoms with van der Waals surface area (Å²) in [6.45, 7) is 3.90. The SMILES string of the molecule is C[C@H](NC(=O)c1cccc(Cl)c1)C(=O)N1CCC2(CC1)NCCc1[nH]cnc12. The first kappa shape index (κ1) is 19.0. The molecule has 1 spiro atoms. The number of amides is 2.